The van der Waals surface area contributed by atoms with Gasteiger partial charge in [0.1, 0.15) is 0 Å². The van der Waals surface area contributed by atoms with Gasteiger partial charge in [-0.05, 0) is 22.6 Å². The SMILES string of the molecule is O=C(CSc1nnc(-c2cccs2)n1Cc1ccccc1)NC(=O)Cc1ccccc1. The second kappa shape index (κ2) is 10.2. The fraction of sp³-hybridized carbons (Fsp3) is 0.130. The van der Waals surface area contributed by atoms with E-state index in [0.717, 1.165) is 21.8 Å². The molecule has 0 unspecified atom stereocenters. The molecule has 0 fully saturated rings. The van der Waals surface area contributed by atoms with Gasteiger partial charge in [0.2, 0.25) is 11.8 Å². The van der Waals surface area contributed by atoms with Gasteiger partial charge in [-0.3, -0.25) is 19.5 Å². The van der Waals surface area contributed by atoms with Crippen LogP contribution >= 0.6 is 23.1 Å². The molecule has 0 saturated heterocycles. The lowest BCUT2D eigenvalue weighted by Gasteiger charge is -2.10. The van der Waals surface area contributed by atoms with Crippen molar-refractivity contribution in [2.24, 2.45) is 0 Å². The number of nitrogens with zero attached hydrogens (tertiary/aromatic N) is 3. The molecule has 0 aliphatic heterocycles. The number of thiophene rings is 1. The van der Waals surface area contributed by atoms with Crippen molar-refractivity contribution in [2.75, 3.05) is 5.75 Å². The van der Waals surface area contributed by atoms with Gasteiger partial charge in [-0.1, -0.05) is 78.5 Å². The lowest BCUT2D eigenvalue weighted by molar-refractivity contribution is -0.128. The summed E-state index contributed by atoms with van der Waals surface area (Å²) in [5.74, 6) is 0.180. The van der Waals surface area contributed by atoms with Crippen molar-refractivity contribution in [2.45, 2.75) is 18.1 Å². The van der Waals surface area contributed by atoms with Gasteiger partial charge in [0.15, 0.2) is 11.0 Å². The molecule has 2 heterocycles. The average molecular weight is 449 g/mol. The highest BCUT2D eigenvalue weighted by molar-refractivity contribution is 7.99. The molecule has 2 aromatic carbocycles. The Morgan fingerprint density at radius 1 is 0.871 bits per heavy atom. The molecule has 156 valence electrons. The fourth-order valence-electron chi connectivity index (χ4n) is 3.04. The number of rotatable bonds is 8. The normalized spacial score (nSPS) is 10.7. The van der Waals surface area contributed by atoms with E-state index in [2.05, 4.69) is 15.5 Å². The quantitative estimate of drug-likeness (QED) is 0.412. The van der Waals surface area contributed by atoms with Gasteiger partial charge in [-0.15, -0.1) is 21.5 Å². The van der Waals surface area contributed by atoms with E-state index < -0.39 is 0 Å². The van der Waals surface area contributed by atoms with E-state index in [-0.39, 0.29) is 24.0 Å². The van der Waals surface area contributed by atoms with Crippen LogP contribution in [0.2, 0.25) is 0 Å². The standard InChI is InChI=1S/C23H20N4O2S2/c28-20(14-17-8-3-1-4-9-17)24-21(29)16-31-23-26-25-22(19-12-7-13-30-19)27(23)15-18-10-5-2-6-11-18/h1-13H,14-16H2,(H,24,28,29). The molecule has 31 heavy (non-hydrogen) atoms. The number of amides is 2. The van der Waals surface area contributed by atoms with Gasteiger partial charge in [0.25, 0.3) is 0 Å². The van der Waals surface area contributed by atoms with E-state index in [1.165, 1.54) is 11.8 Å². The molecule has 1 N–H and O–H groups in total. The van der Waals surface area contributed by atoms with E-state index in [9.17, 15) is 9.59 Å². The molecule has 4 rings (SSSR count). The second-order valence-corrected chi connectivity index (χ2v) is 8.67. The van der Waals surface area contributed by atoms with Crippen molar-refractivity contribution in [3.63, 3.8) is 0 Å². The Bertz CT molecular complexity index is 1140. The minimum absolute atomic E-state index is 0.0812. The molecule has 8 heteroatoms. The molecule has 0 aliphatic rings. The Hall–Kier alpha value is -3.23. The van der Waals surface area contributed by atoms with E-state index in [0.29, 0.717) is 11.7 Å². The summed E-state index contributed by atoms with van der Waals surface area (Å²) in [5, 5.41) is 13.7. The van der Waals surface area contributed by atoms with Crippen molar-refractivity contribution >= 4 is 34.9 Å². The Labute approximate surface area is 188 Å². The zero-order valence-electron chi connectivity index (χ0n) is 16.6. The Morgan fingerprint density at radius 3 is 2.26 bits per heavy atom. The first kappa shape index (κ1) is 21.0. The van der Waals surface area contributed by atoms with Crippen LogP contribution in [0, 0.1) is 0 Å². The molecule has 2 amide bonds. The highest BCUT2D eigenvalue weighted by Gasteiger charge is 2.17. The predicted molar refractivity (Wildman–Crippen MR) is 123 cm³/mol. The largest absolute Gasteiger partial charge is 0.297 e. The second-order valence-electron chi connectivity index (χ2n) is 6.78. The molecule has 0 spiro atoms. The van der Waals surface area contributed by atoms with Gasteiger partial charge < -0.3 is 0 Å². The van der Waals surface area contributed by atoms with Crippen molar-refractivity contribution in [1.29, 1.82) is 0 Å². The van der Waals surface area contributed by atoms with Gasteiger partial charge in [-0.25, -0.2) is 0 Å². The predicted octanol–water partition coefficient (Wildman–Crippen LogP) is 4.03. The molecule has 0 radical (unpaired) electrons. The zero-order valence-corrected chi connectivity index (χ0v) is 18.2. The van der Waals surface area contributed by atoms with Crippen LogP contribution in [0.25, 0.3) is 10.7 Å². The number of imide groups is 1. The molecule has 6 nitrogen and oxygen atoms in total. The van der Waals surface area contributed by atoms with Gasteiger partial charge in [0, 0.05) is 0 Å². The highest BCUT2D eigenvalue weighted by Crippen LogP contribution is 2.28. The van der Waals surface area contributed by atoms with Crippen molar-refractivity contribution in [3.8, 4) is 10.7 Å². The van der Waals surface area contributed by atoms with Gasteiger partial charge >= 0.3 is 0 Å². The molecule has 4 aromatic rings. The van der Waals surface area contributed by atoms with Crippen LogP contribution in [0.4, 0.5) is 0 Å². The number of hydrogen-bond donors (Lipinski definition) is 1. The van der Waals surface area contributed by atoms with Crippen molar-refractivity contribution in [3.05, 3.63) is 89.3 Å². The number of hydrogen-bond acceptors (Lipinski definition) is 6. The highest BCUT2D eigenvalue weighted by atomic mass is 32.2. The Morgan fingerprint density at radius 2 is 1.58 bits per heavy atom. The molecule has 0 atom stereocenters. The third-order valence-corrected chi connectivity index (χ3v) is 6.29. The van der Waals surface area contributed by atoms with E-state index in [1.54, 1.807) is 11.3 Å². The number of thioether (sulfide) groups is 1. The summed E-state index contributed by atoms with van der Waals surface area (Å²) in [6.45, 7) is 0.595. The Kier molecular flexibility index (Phi) is 6.91. The third kappa shape index (κ3) is 5.68. The van der Waals surface area contributed by atoms with Gasteiger partial charge in [-0.2, -0.15) is 0 Å². The monoisotopic (exact) mass is 448 g/mol. The average Bonchev–Trinajstić information content (AvgIpc) is 3.44. The number of benzene rings is 2. The van der Waals surface area contributed by atoms with E-state index in [4.69, 9.17) is 0 Å². The van der Waals surface area contributed by atoms with Crippen LogP contribution < -0.4 is 5.32 Å². The van der Waals surface area contributed by atoms with E-state index in [1.807, 2.05) is 82.7 Å². The summed E-state index contributed by atoms with van der Waals surface area (Å²) in [5.41, 5.74) is 1.98. The van der Waals surface area contributed by atoms with Gasteiger partial charge in [0.05, 0.1) is 23.6 Å². The molecule has 0 saturated carbocycles. The number of nitrogens with one attached hydrogen (secondary N) is 1. The molecular weight excluding hydrogens is 428 g/mol. The Balaban J connectivity index is 1.43. The minimum Gasteiger partial charge on any atom is -0.297 e. The molecule has 0 aliphatic carbocycles. The summed E-state index contributed by atoms with van der Waals surface area (Å²) in [6.07, 6.45) is 0.171. The van der Waals surface area contributed by atoms with Crippen LogP contribution in [-0.2, 0) is 22.6 Å². The first-order chi connectivity index (χ1) is 15.2. The van der Waals surface area contributed by atoms with E-state index >= 15 is 0 Å². The summed E-state index contributed by atoms with van der Waals surface area (Å²) in [4.78, 5) is 25.5. The number of carbonyl (C=O) groups is 2. The molecule has 2 aromatic heterocycles. The first-order valence-electron chi connectivity index (χ1n) is 9.69. The van der Waals surface area contributed by atoms with Crippen LogP contribution in [0.15, 0.2) is 83.3 Å². The lowest BCUT2D eigenvalue weighted by atomic mass is 10.1. The van der Waals surface area contributed by atoms with Crippen molar-refractivity contribution in [1.82, 2.24) is 20.1 Å². The first-order valence-corrected chi connectivity index (χ1v) is 11.6. The molecule has 0 bridgehead atoms. The summed E-state index contributed by atoms with van der Waals surface area (Å²) in [7, 11) is 0. The zero-order chi connectivity index (χ0) is 21.5. The summed E-state index contributed by atoms with van der Waals surface area (Å²) in [6, 6.07) is 23.3. The third-order valence-electron chi connectivity index (χ3n) is 4.46. The molecular formula is C23H20N4O2S2. The fourth-order valence-corrected chi connectivity index (χ4v) is 4.49. The number of carbonyl (C=O) groups excluding carboxylic acids is 2. The van der Waals surface area contributed by atoms with Crippen LogP contribution in [0.1, 0.15) is 11.1 Å². The van der Waals surface area contributed by atoms with Crippen LogP contribution in [0.3, 0.4) is 0 Å². The smallest absolute Gasteiger partial charge is 0.237 e. The van der Waals surface area contributed by atoms with Crippen LogP contribution in [-0.4, -0.2) is 32.3 Å². The summed E-state index contributed by atoms with van der Waals surface area (Å²) >= 11 is 2.86. The minimum atomic E-state index is -0.349. The number of aromatic nitrogens is 3. The maximum atomic E-state index is 12.3. The topological polar surface area (TPSA) is 76.9 Å². The van der Waals surface area contributed by atoms with Crippen LogP contribution in [0.5, 0.6) is 0 Å². The maximum Gasteiger partial charge on any atom is 0.237 e. The van der Waals surface area contributed by atoms with Crippen molar-refractivity contribution < 1.29 is 9.59 Å². The maximum absolute atomic E-state index is 12.3. The summed E-state index contributed by atoms with van der Waals surface area (Å²) < 4.78 is 2.00. The lowest BCUT2D eigenvalue weighted by Crippen LogP contribution is -2.33.